The number of hydrogen-bond donors (Lipinski definition) is 1. The van der Waals surface area contributed by atoms with Gasteiger partial charge in [0.1, 0.15) is 5.82 Å². The highest BCUT2D eigenvalue weighted by Crippen LogP contribution is 2.47. The predicted molar refractivity (Wildman–Crippen MR) is 76.1 cm³/mol. The summed E-state index contributed by atoms with van der Waals surface area (Å²) < 4.78 is 13.3. The van der Waals surface area contributed by atoms with Crippen LogP contribution in [0.1, 0.15) is 37.7 Å². The topological polar surface area (TPSA) is 32.3 Å². The number of urea groups is 1. The molecule has 1 N–H and O–H groups in total. The number of hydrogen-bond acceptors (Lipinski definition) is 1. The fourth-order valence-corrected chi connectivity index (χ4v) is 2.85. The van der Waals surface area contributed by atoms with Crippen molar-refractivity contribution in [1.82, 2.24) is 10.2 Å². The third-order valence-electron chi connectivity index (χ3n) is 4.81. The van der Waals surface area contributed by atoms with Crippen LogP contribution in [0.15, 0.2) is 24.3 Å². The van der Waals surface area contributed by atoms with Crippen LogP contribution in [-0.2, 0) is 5.41 Å². The summed E-state index contributed by atoms with van der Waals surface area (Å²) in [6, 6.07) is 7.15. The van der Waals surface area contributed by atoms with Gasteiger partial charge in [-0.3, -0.25) is 0 Å². The smallest absolute Gasteiger partial charge is 0.317 e. The predicted octanol–water partition coefficient (Wildman–Crippen LogP) is 3.05. The summed E-state index contributed by atoms with van der Waals surface area (Å²) in [5.41, 5.74) is 0.960. The zero-order valence-corrected chi connectivity index (χ0v) is 11.9. The molecule has 1 aromatic carbocycles. The van der Waals surface area contributed by atoms with Gasteiger partial charge in [-0.15, -0.1) is 0 Å². The largest absolute Gasteiger partial charge is 0.337 e. The van der Waals surface area contributed by atoms with Gasteiger partial charge >= 0.3 is 6.03 Å². The Hall–Kier alpha value is -1.58. The summed E-state index contributed by atoms with van der Waals surface area (Å²) in [6.07, 6.45) is 5.47. The molecule has 3 rings (SSSR count). The van der Waals surface area contributed by atoms with Crippen LogP contribution in [0.25, 0.3) is 0 Å². The Labute approximate surface area is 119 Å². The summed E-state index contributed by atoms with van der Waals surface area (Å²) in [5.74, 6) is -0.202. The van der Waals surface area contributed by atoms with E-state index in [0.29, 0.717) is 12.6 Å². The van der Waals surface area contributed by atoms with E-state index in [1.165, 1.54) is 12.5 Å². The maximum Gasteiger partial charge on any atom is 0.317 e. The molecule has 108 valence electrons. The van der Waals surface area contributed by atoms with E-state index in [1.54, 1.807) is 12.1 Å². The lowest BCUT2D eigenvalue weighted by Crippen LogP contribution is -2.48. The molecule has 2 saturated carbocycles. The van der Waals surface area contributed by atoms with Crippen molar-refractivity contribution in [2.45, 2.75) is 43.6 Å². The summed E-state index contributed by atoms with van der Waals surface area (Å²) in [4.78, 5) is 13.9. The second-order valence-electron chi connectivity index (χ2n) is 6.15. The van der Waals surface area contributed by atoms with Crippen molar-refractivity contribution in [2.24, 2.45) is 0 Å². The first kappa shape index (κ1) is 13.4. The van der Waals surface area contributed by atoms with Gasteiger partial charge in [0.25, 0.3) is 0 Å². The van der Waals surface area contributed by atoms with Gasteiger partial charge in [-0.05, 0) is 49.8 Å². The van der Waals surface area contributed by atoms with Crippen molar-refractivity contribution in [3.63, 3.8) is 0 Å². The van der Waals surface area contributed by atoms with Crippen molar-refractivity contribution in [2.75, 3.05) is 13.6 Å². The lowest BCUT2D eigenvalue weighted by atomic mass is 9.92. The van der Waals surface area contributed by atoms with Gasteiger partial charge in [0, 0.05) is 25.0 Å². The van der Waals surface area contributed by atoms with Crippen LogP contribution in [0.3, 0.4) is 0 Å². The van der Waals surface area contributed by atoms with Crippen LogP contribution in [0, 0.1) is 5.82 Å². The standard InChI is InChI=1S/C16H21FN2O/c1-19(14-6-3-7-14)15(20)18-11-16(8-9-16)12-4-2-5-13(17)10-12/h2,4-5,10,14H,3,6-9,11H2,1H3,(H,18,20). The van der Waals surface area contributed by atoms with Crippen molar-refractivity contribution in [1.29, 1.82) is 0 Å². The van der Waals surface area contributed by atoms with E-state index in [4.69, 9.17) is 0 Å². The van der Waals surface area contributed by atoms with E-state index in [-0.39, 0.29) is 17.3 Å². The Morgan fingerprint density at radius 3 is 2.75 bits per heavy atom. The molecule has 20 heavy (non-hydrogen) atoms. The normalized spacial score (nSPS) is 20.1. The van der Waals surface area contributed by atoms with Gasteiger partial charge in [0.05, 0.1) is 0 Å². The SMILES string of the molecule is CN(C(=O)NCC1(c2cccc(F)c2)CC1)C1CCC1. The summed E-state index contributed by atoms with van der Waals surface area (Å²) in [5, 5.41) is 3.02. The summed E-state index contributed by atoms with van der Waals surface area (Å²) in [7, 11) is 1.86. The Balaban J connectivity index is 1.59. The van der Waals surface area contributed by atoms with Crippen LogP contribution >= 0.6 is 0 Å². The molecule has 0 saturated heterocycles. The first-order valence-corrected chi connectivity index (χ1v) is 7.37. The van der Waals surface area contributed by atoms with Gasteiger partial charge in [0.15, 0.2) is 0 Å². The van der Waals surface area contributed by atoms with Crippen LogP contribution < -0.4 is 5.32 Å². The highest BCUT2D eigenvalue weighted by atomic mass is 19.1. The lowest BCUT2D eigenvalue weighted by Gasteiger charge is -2.35. The number of carbonyl (C=O) groups is 1. The molecule has 2 aliphatic rings. The molecule has 0 spiro atoms. The van der Waals surface area contributed by atoms with E-state index in [1.807, 2.05) is 18.0 Å². The molecule has 1 aromatic rings. The first-order valence-electron chi connectivity index (χ1n) is 7.37. The molecule has 0 unspecified atom stereocenters. The Morgan fingerprint density at radius 1 is 1.45 bits per heavy atom. The van der Waals surface area contributed by atoms with Crippen molar-refractivity contribution in [3.8, 4) is 0 Å². The molecule has 0 atom stereocenters. The lowest BCUT2D eigenvalue weighted by molar-refractivity contribution is 0.157. The van der Waals surface area contributed by atoms with Crippen LogP contribution in [0.5, 0.6) is 0 Å². The minimum Gasteiger partial charge on any atom is -0.337 e. The Bertz CT molecular complexity index is 509. The van der Waals surface area contributed by atoms with E-state index in [9.17, 15) is 9.18 Å². The van der Waals surface area contributed by atoms with E-state index in [0.717, 1.165) is 31.2 Å². The second kappa shape index (κ2) is 5.08. The monoisotopic (exact) mass is 276 g/mol. The van der Waals surface area contributed by atoms with Gasteiger partial charge in [-0.25, -0.2) is 9.18 Å². The molecule has 4 heteroatoms. The zero-order chi connectivity index (χ0) is 14.2. The highest BCUT2D eigenvalue weighted by molar-refractivity contribution is 5.74. The molecular weight excluding hydrogens is 255 g/mol. The van der Waals surface area contributed by atoms with Crippen LogP contribution in [-0.4, -0.2) is 30.6 Å². The molecule has 0 bridgehead atoms. The van der Waals surface area contributed by atoms with Crippen LogP contribution in [0.4, 0.5) is 9.18 Å². The fourth-order valence-electron chi connectivity index (χ4n) is 2.85. The van der Waals surface area contributed by atoms with Gasteiger partial charge < -0.3 is 10.2 Å². The zero-order valence-electron chi connectivity index (χ0n) is 11.9. The van der Waals surface area contributed by atoms with Crippen molar-refractivity contribution < 1.29 is 9.18 Å². The minimum atomic E-state index is -0.202. The number of benzene rings is 1. The first-order chi connectivity index (χ1) is 9.61. The quantitative estimate of drug-likeness (QED) is 0.900. The molecule has 2 aliphatic carbocycles. The van der Waals surface area contributed by atoms with Gasteiger partial charge in [0.2, 0.25) is 0 Å². The number of amides is 2. The maximum absolute atomic E-state index is 13.3. The summed E-state index contributed by atoms with van der Waals surface area (Å²) >= 11 is 0. The summed E-state index contributed by atoms with van der Waals surface area (Å²) in [6.45, 7) is 0.604. The molecule has 0 radical (unpaired) electrons. The molecule has 3 nitrogen and oxygen atoms in total. The molecule has 2 amide bonds. The molecular formula is C16H21FN2O. The third-order valence-corrected chi connectivity index (χ3v) is 4.81. The van der Waals surface area contributed by atoms with Crippen molar-refractivity contribution >= 4 is 6.03 Å². The van der Waals surface area contributed by atoms with Gasteiger partial charge in [-0.2, -0.15) is 0 Å². The molecule has 0 heterocycles. The van der Waals surface area contributed by atoms with E-state index >= 15 is 0 Å². The van der Waals surface area contributed by atoms with Gasteiger partial charge in [-0.1, -0.05) is 12.1 Å². The molecule has 0 aliphatic heterocycles. The van der Waals surface area contributed by atoms with Crippen LogP contribution in [0.2, 0.25) is 0 Å². The Morgan fingerprint density at radius 2 is 2.20 bits per heavy atom. The van der Waals surface area contributed by atoms with E-state index < -0.39 is 0 Å². The number of nitrogens with one attached hydrogen (secondary N) is 1. The molecule has 0 aromatic heterocycles. The highest BCUT2D eigenvalue weighted by Gasteiger charge is 2.44. The fraction of sp³-hybridized carbons (Fsp3) is 0.562. The molecule has 2 fully saturated rings. The second-order valence-corrected chi connectivity index (χ2v) is 6.15. The van der Waals surface area contributed by atoms with Crippen molar-refractivity contribution in [3.05, 3.63) is 35.6 Å². The average Bonchev–Trinajstić information content (AvgIpc) is 3.15. The number of halogens is 1. The third kappa shape index (κ3) is 2.51. The minimum absolute atomic E-state index is 0.00243. The number of rotatable bonds is 4. The maximum atomic E-state index is 13.3. The number of carbonyl (C=O) groups excluding carboxylic acids is 1. The van der Waals surface area contributed by atoms with E-state index in [2.05, 4.69) is 5.32 Å². The Kier molecular flexibility index (Phi) is 3.40. The number of nitrogens with zero attached hydrogens (tertiary/aromatic N) is 1. The average molecular weight is 276 g/mol.